The van der Waals surface area contributed by atoms with Gasteiger partial charge in [-0.1, -0.05) is 5.16 Å². The fourth-order valence-electron chi connectivity index (χ4n) is 2.13. The van der Waals surface area contributed by atoms with E-state index in [0.717, 1.165) is 11.3 Å². The van der Waals surface area contributed by atoms with Crippen LogP contribution in [-0.4, -0.2) is 40.1 Å². The van der Waals surface area contributed by atoms with Gasteiger partial charge in [0.05, 0.1) is 18.0 Å². The maximum atomic E-state index is 12.0. The van der Waals surface area contributed by atoms with Crippen molar-refractivity contribution < 1.29 is 19.2 Å². The lowest BCUT2D eigenvalue weighted by Gasteiger charge is -2.30. The number of carbonyl (C=O) groups excluding carboxylic acids is 1. The standard InChI is InChI=1S/C12H16N2O4/c1-8-10(7-18-13-8)6-11(15)14-4-2-9(3-5-14)12(16)17/h7,9H,2-6H2,1H3,(H,16,17). The molecular weight excluding hydrogens is 236 g/mol. The van der Waals surface area contributed by atoms with Crippen molar-refractivity contribution in [1.82, 2.24) is 10.1 Å². The monoisotopic (exact) mass is 252 g/mol. The molecule has 1 aliphatic heterocycles. The number of rotatable bonds is 3. The topological polar surface area (TPSA) is 83.6 Å². The third-order valence-electron chi connectivity index (χ3n) is 3.39. The Morgan fingerprint density at radius 2 is 2.17 bits per heavy atom. The van der Waals surface area contributed by atoms with Crippen LogP contribution in [0.1, 0.15) is 24.1 Å². The molecule has 6 nitrogen and oxygen atoms in total. The Morgan fingerprint density at radius 1 is 1.50 bits per heavy atom. The van der Waals surface area contributed by atoms with Crippen molar-refractivity contribution in [3.05, 3.63) is 17.5 Å². The van der Waals surface area contributed by atoms with Crippen LogP contribution in [-0.2, 0) is 16.0 Å². The van der Waals surface area contributed by atoms with Crippen LogP contribution in [0.5, 0.6) is 0 Å². The molecule has 98 valence electrons. The Morgan fingerprint density at radius 3 is 2.67 bits per heavy atom. The molecule has 18 heavy (non-hydrogen) atoms. The Kier molecular flexibility index (Phi) is 3.64. The predicted octanol–water partition coefficient (Wildman–Crippen LogP) is 0.849. The highest BCUT2D eigenvalue weighted by atomic mass is 16.5. The minimum absolute atomic E-state index is 0.00476. The van der Waals surface area contributed by atoms with Crippen LogP contribution in [0.3, 0.4) is 0 Å². The second-order valence-corrected chi connectivity index (χ2v) is 4.60. The van der Waals surface area contributed by atoms with Gasteiger partial charge in [-0.05, 0) is 19.8 Å². The number of carbonyl (C=O) groups is 2. The Hall–Kier alpha value is -1.85. The van der Waals surface area contributed by atoms with E-state index < -0.39 is 5.97 Å². The molecule has 0 saturated carbocycles. The summed E-state index contributed by atoms with van der Waals surface area (Å²) in [5.74, 6) is -1.08. The first-order valence-electron chi connectivity index (χ1n) is 5.98. The number of hydrogen-bond donors (Lipinski definition) is 1. The van der Waals surface area contributed by atoms with Crippen molar-refractivity contribution in [1.29, 1.82) is 0 Å². The zero-order valence-electron chi connectivity index (χ0n) is 10.3. The molecular formula is C12H16N2O4. The number of piperidine rings is 1. The number of nitrogens with zero attached hydrogens (tertiary/aromatic N) is 2. The average molecular weight is 252 g/mol. The largest absolute Gasteiger partial charge is 0.481 e. The third-order valence-corrected chi connectivity index (χ3v) is 3.39. The summed E-state index contributed by atoms with van der Waals surface area (Å²) < 4.78 is 4.78. The molecule has 1 aliphatic rings. The summed E-state index contributed by atoms with van der Waals surface area (Å²) in [6, 6.07) is 0. The molecule has 0 spiro atoms. The van der Waals surface area contributed by atoms with Crippen LogP contribution in [0.2, 0.25) is 0 Å². The van der Waals surface area contributed by atoms with Gasteiger partial charge < -0.3 is 14.5 Å². The smallest absolute Gasteiger partial charge is 0.306 e. The fourth-order valence-corrected chi connectivity index (χ4v) is 2.13. The van der Waals surface area contributed by atoms with Gasteiger partial charge in [-0.25, -0.2) is 0 Å². The van der Waals surface area contributed by atoms with Gasteiger partial charge in [0.15, 0.2) is 0 Å². The summed E-state index contributed by atoms with van der Waals surface area (Å²) in [6.45, 7) is 2.82. The van der Waals surface area contributed by atoms with E-state index in [4.69, 9.17) is 9.63 Å². The quantitative estimate of drug-likeness (QED) is 0.862. The van der Waals surface area contributed by atoms with Crippen molar-refractivity contribution in [3.8, 4) is 0 Å². The van der Waals surface area contributed by atoms with E-state index in [-0.39, 0.29) is 18.2 Å². The first-order chi connectivity index (χ1) is 8.58. The van der Waals surface area contributed by atoms with Crippen LogP contribution in [0.4, 0.5) is 0 Å². The van der Waals surface area contributed by atoms with Gasteiger partial charge in [-0.3, -0.25) is 9.59 Å². The van der Waals surface area contributed by atoms with E-state index in [1.165, 1.54) is 6.26 Å². The highest BCUT2D eigenvalue weighted by Crippen LogP contribution is 2.18. The van der Waals surface area contributed by atoms with E-state index in [0.29, 0.717) is 25.9 Å². The fraction of sp³-hybridized carbons (Fsp3) is 0.583. The van der Waals surface area contributed by atoms with Gasteiger partial charge in [0.1, 0.15) is 6.26 Å². The van der Waals surface area contributed by atoms with Gasteiger partial charge in [0.2, 0.25) is 5.91 Å². The van der Waals surface area contributed by atoms with E-state index in [9.17, 15) is 9.59 Å². The van der Waals surface area contributed by atoms with Gasteiger partial charge >= 0.3 is 5.97 Å². The number of amides is 1. The molecule has 0 bridgehead atoms. The molecule has 2 heterocycles. The molecule has 0 unspecified atom stereocenters. The van der Waals surface area contributed by atoms with Crippen molar-refractivity contribution in [3.63, 3.8) is 0 Å². The van der Waals surface area contributed by atoms with E-state index in [2.05, 4.69) is 5.16 Å². The molecule has 1 aromatic rings. The maximum absolute atomic E-state index is 12.0. The molecule has 1 aromatic heterocycles. The maximum Gasteiger partial charge on any atom is 0.306 e. The second kappa shape index (κ2) is 5.20. The van der Waals surface area contributed by atoms with Crippen molar-refractivity contribution in [2.45, 2.75) is 26.2 Å². The summed E-state index contributed by atoms with van der Waals surface area (Å²) in [4.78, 5) is 24.5. The molecule has 0 aliphatic carbocycles. The minimum atomic E-state index is -0.767. The summed E-state index contributed by atoms with van der Waals surface area (Å²) in [7, 11) is 0. The molecule has 0 radical (unpaired) electrons. The van der Waals surface area contributed by atoms with Crippen molar-refractivity contribution in [2.24, 2.45) is 5.92 Å². The summed E-state index contributed by atoms with van der Waals surface area (Å²) in [5, 5.41) is 12.6. The number of aromatic nitrogens is 1. The van der Waals surface area contributed by atoms with Crippen molar-refractivity contribution >= 4 is 11.9 Å². The normalized spacial score (nSPS) is 16.8. The molecule has 1 N–H and O–H groups in total. The Labute approximate surface area is 105 Å². The van der Waals surface area contributed by atoms with Gasteiger partial charge in [0, 0.05) is 18.7 Å². The highest BCUT2D eigenvalue weighted by Gasteiger charge is 2.27. The van der Waals surface area contributed by atoms with Gasteiger partial charge in [-0.2, -0.15) is 0 Å². The lowest BCUT2D eigenvalue weighted by atomic mass is 9.97. The Bertz CT molecular complexity index is 447. The van der Waals surface area contributed by atoms with E-state index in [1.54, 1.807) is 11.8 Å². The van der Waals surface area contributed by atoms with E-state index in [1.807, 2.05) is 0 Å². The van der Waals surface area contributed by atoms with Gasteiger partial charge in [-0.15, -0.1) is 0 Å². The van der Waals surface area contributed by atoms with Crippen LogP contribution in [0.15, 0.2) is 10.8 Å². The Balaban J connectivity index is 1.88. The zero-order chi connectivity index (χ0) is 13.1. The first-order valence-corrected chi connectivity index (χ1v) is 5.98. The van der Waals surface area contributed by atoms with Crippen LogP contribution >= 0.6 is 0 Å². The molecule has 0 aromatic carbocycles. The van der Waals surface area contributed by atoms with E-state index >= 15 is 0 Å². The van der Waals surface area contributed by atoms with Crippen LogP contribution < -0.4 is 0 Å². The molecule has 0 atom stereocenters. The number of aryl methyl sites for hydroxylation is 1. The third kappa shape index (κ3) is 2.69. The predicted molar refractivity (Wildman–Crippen MR) is 61.9 cm³/mol. The molecule has 1 saturated heterocycles. The van der Waals surface area contributed by atoms with Crippen molar-refractivity contribution in [2.75, 3.05) is 13.1 Å². The molecule has 1 fully saturated rings. The number of aliphatic carboxylic acids is 1. The lowest BCUT2D eigenvalue weighted by Crippen LogP contribution is -2.41. The number of hydrogen-bond acceptors (Lipinski definition) is 4. The highest BCUT2D eigenvalue weighted by molar-refractivity contribution is 5.79. The average Bonchev–Trinajstić information content (AvgIpc) is 2.75. The molecule has 2 rings (SSSR count). The van der Waals surface area contributed by atoms with Crippen LogP contribution in [0.25, 0.3) is 0 Å². The number of carboxylic acids is 1. The zero-order valence-corrected chi connectivity index (χ0v) is 10.3. The number of carboxylic acid groups (broad SMARTS) is 1. The summed E-state index contributed by atoms with van der Waals surface area (Å²) >= 11 is 0. The molecule has 6 heteroatoms. The minimum Gasteiger partial charge on any atom is -0.481 e. The summed E-state index contributed by atoms with van der Waals surface area (Å²) in [5.41, 5.74) is 1.52. The SMILES string of the molecule is Cc1nocc1CC(=O)N1CCC(C(=O)O)CC1. The van der Waals surface area contributed by atoms with Crippen LogP contribution in [0, 0.1) is 12.8 Å². The summed E-state index contributed by atoms with van der Waals surface area (Å²) in [6.07, 6.45) is 2.82. The first kappa shape index (κ1) is 12.6. The second-order valence-electron chi connectivity index (χ2n) is 4.60. The molecule has 1 amide bonds. The lowest BCUT2D eigenvalue weighted by molar-refractivity contribution is -0.145. The van der Waals surface area contributed by atoms with Gasteiger partial charge in [0.25, 0.3) is 0 Å². The number of likely N-dealkylation sites (tertiary alicyclic amines) is 1.